The molecule has 1 aromatic rings. The highest BCUT2D eigenvalue weighted by Gasteiger charge is 2.27. The van der Waals surface area contributed by atoms with Crippen molar-refractivity contribution in [2.24, 2.45) is 11.8 Å². The molecule has 0 aromatic heterocycles. The quantitative estimate of drug-likeness (QED) is 0.842. The summed E-state index contributed by atoms with van der Waals surface area (Å²) >= 11 is 0. The Morgan fingerprint density at radius 3 is 2.14 bits per heavy atom. The van der Waals surface area contributed by atoms with Crippen LogP contribution in [0.5, 0.6) is 0 Å². The highest BCUT2D eigenvalue weighted by molar-refractivity contribution is 5.88. The van der Waals surface area contributed by atoms with E-state index >= 15 is 0 Å². The molecule has 0 bridgehead atoms. The molecule has 1 rings (SSSR count). The molecule has 0 unspecified atom stereocenters. The van der Waals surface area contributed by atoms with Gasteiger partial charge in [-0.2, -0.15) is 0 Å². The third kappa shape index (κ3) is 5.51. The molecule has 0 fully saturated rings. The molecular formula is C18H28N2O2. The van der Waals surface area contributed by atoms with Gasteiger partial charge < -0.3 is 10.2 Å². The van der Waals surface area contributed by atoms with Crippen molar-refractivity contribution in [3.8, 4) is 0 Å². The van der Waals surface area contributed by atoms with Crippen molar-refractivity contribution in [2.45, 2.75) is 47.2 Å². The summed E-state index contributed by atoms with van der Waals surface area (Å²) in [6.45, 7) is 10.7. The van der Waals surface area contributed by atoms with Gasteiger partial charge >= 0.3 is 0 Å². The van der Waals surface area contributed by atoms with E-state index in [1.54, 1.807) is 11.8 Å². The van der Waals surface area contributed by atoms with Gasteiger partial charge in [0.25, 0.3) is 0 Å². The Balaban J connectivity index is 2.85. The number of amides is 2. The van der Waals surface area contributed by atoms with Crippen LogP contribution in [0, 0.1) is 11.8 Å². The van der Waals surface area contributed by atoms with E-state index in [1.165, 1.54) is 0 Å². The molecule has 4 nitrogen and oxygen atoms in total. The lowest BCUT2D eigenvalue weighted by Gasteiger charge is -2.30. The van der Waals surface area contributed by atoms with Crippen molar-refractivity contribution in [3.05, 3.63) is 35.9 Å². The first-order valence-electron chi connectivity index (χ1n) is 7.95. The number of nitrogens with one attached hydrogen (secondary N) is 1. The van der Waals surface area contributed by atoms with Crippen LogP contribution in [-0.4, -0.2) is 29.3 Å². The van der Waals surface area contributed by atoms with Crippen molar-refractivity contribution in [1.82, 2.24) is 10.2 Å². The largest absolute Gasteiger partial charge is 0.354 e. The maximum Gasteiger partial charge on any atom is 0.242 e. The fourth-order valence-corrected chi connectivity index (χ4v) is 2.11. The molecule has 0 saturated carbocycles. The van der Waals surface area contributed by atoms with Crippen LogP contribution in [0.3, 0.4) is 0 Å². The van der Waals surface area contributed by atoms with Gasteiger partial charge in [-0.25, -0.2) is 0 Å². The lowest BCUT2D eigenvalue weighted by atomic mass is 10.1. The van der Waals surface area contributed by atoms with Gasteiger partial charge in [0, 0.05) is 19.0 Å². The van der Waals surface area contributed by atoms with Crippen molar-refractivity contribution in [1.29, 1.82) is 0 Å². The van der Waals surface area contributed by atoms with Crippen LogP contribution in [-0.2, 0) is 16.1 Å². The van der Waals surface area contributed by atoms with Gasteiger partial charge in [-0.15, -0.1) is 0 Å². The van der Waals surface area contributed by atoms with E-state index in [0.29, 0.717) is 19.0 Å². The van der Waals surface area contributed by atoms with Crippen LogP contribution < -0.4 is 5.32 Å². The molecule has 4 heteroatoms. The van der Waals surface area contributed by atoms with E-state index in [4.69, 9.17) is 0 Å². The van der Waals surface area contributed by atoms with Crippen LogP contribution in [0.15, 0.2) is 30.3 Å². The molecule has 2 amide bonds. The van der Waals surface area contributed by atoms with E-state index in [1.807, 2.05) is 58.0 Å². The summed E-state index contributed by atoms with van der Waals surface area (Å²) in [7, 11) is 0. The minimum Gasteiger partial charge on any atom is -0.354 e. The van der Waals surface area contributed by atoms with Crippen molar-refractivity contribution in [2.75, 3.05) is 6.54 Å². The number of nitrogens with zero attached hydrogens (tertiary/aromatic N) is 1. The number of benzene rings is 1. The second-order valence-electron chi connectivity index (χ2n) is 6.42. The molecule has 0 spiro atoms. The number of carbonyl (C=O) groups is 2. The third-order valence-electron chi connectivity index (χ3n) is 3.50. The number of rotatable bonds is 7. The molecule has 122 valence electrons. The fraction of sp³-hybridized carbons (Fsp3) is 0.556. The SMILES string of the molecule is CC(C)CNC(=O)[C@H](C)N(Cc1ccccc1)C(=O)C(C)C. The minimum absolute atomic E-state index is 0.00366. The zero-order chi connectivity index (χ0) is 16.7. The van der Waals surface area contributed by atoms with E-state index in [-0.39, 0.29) is 17.7 Å². The molecule has 0 saturated heterocycles. The third-order valence-corrected chi connectivity index (χ3v) is 3.50. The van der Waals surface area contributed by atoms with E-state index in [2.05, 4.69) is 5.32 Å². The van der Waals surface area contributed by atoms with Crippen LogP contribution >= 0.6 is 0 Å². The first kappa shape index (κ1) is 18.2. The van der Waals surface area contributed by atoms with Gasteiger partial charge in [0.2, 0.25) is 11.8 Å². The summed E-state index contributed by atoms with van der Waals surface area (Å²) in [5.41, 5.74) is 1.03. The maximum atomic E-state index is 12.5. The Morgan fingerprint density at radius 1 is 1.05 bits per heavy atom. The molecule has 1 N–H and O–H groups in total. The first-order valence-corrected chi connectivity index (χ1v) is 7.95. The topological polar surface area (TPSA) is 49.4 Å². The van der Waals surface area contributed by atoms with Crippen LogP contribution in [0.2, 0.25) is 0 Å². The zero-order valence-corrected chi connectivity index (χ0v) is 14.3. The summed E-state index contributed by atoms with van der Waals surface area (Å²) in [4.78, 5) is 26.4. The Hall–Kier alpha value is -1.84. The highest BCUT2D eigenvalue weighted by atomic mass is 16.2. The smallest absolute Gasteiger partial charge is 0.242 e. The van der Waals surface area contributed by atoms with Crippen molar-refractivity contribution in [3.63, 3.8) is 0 Å². The van der Waals surface area contributed by atoms with Crippen LogP contribution in [0.4, 0.5) is 0 Å². The number of hydrogen-bond acceptors (Lipinski definition) is 2. The molecule has 1 aromatic carbocycles. The summed E-state index contributed by atoms with van der Waals surface area (Å²) in [5.74, 6) is 0.151. The van der Waals surface area contributed by atoms with Gasteiger partial charge in [-0.05, 0) is 18.4 Å². The molecule has 1 atom stereocenters. The standard InChI is InChI=1S/C18H28N2O2/c1-13(2)11-19-17(21)15(5)20(18(22)14(3)4)12-16-9-7-6-8-10-16/h6-10,13-15H,11-12H2,1-5H3,(H,19,21)/t15-/m0/s1. The Kier molecular flexibility index (Phi) is 7.09. The monoisotopic (exact) mass is 304 g/mol. The summed E-state index contributed by atoms with van der Waals surface area (Å²) in [5, 5.41) is 2.91. The van der Waals surface area contributed by atoms with Crippen molar-refractivity contribution < 1.29 is 9.59 Å². The van der Waals surface area contributed by atoms with Gasteiger partial charge in [-0.1, -0.05) is 58.0 Å². The first-order chi connectivity index (χ1) is 10.3. The lowest BCUT2D eigenvalue weighted by Crippen LogP contribution is -2.49. The average Bonchev–Trinajstić information content (AvgIpc) is 2.49. The lowest BCUT2D eigenvalue weighted by molar-refractivity contribution is -0.143. The second-order valence-corrected chi connectivity index (χ2v) is 6.42. The molecule has 0 aliphatic rings. The molecule has 22 heavy (non-hydrogen) atoms. The summed E-state index contributed by atoms with van der Waals surface area (Å²) in [6.07, 6.45) is 0. The zero-order valence-electron chi connectivity index (χ0n) is 14.3. The van der Waals surface area contributed by atoms with E-state index < -0.39 is 6.04 Å². The molecule has 0 aliphatic heterocycles. The van der Waals surface area contributed by atoms with Crippen LogP contribution in [0.25, 0.3) is 0 Å². The van der Waals surface area contributed by atoms with Gasteiger partial charge in [-0.3, -0.25) is 9.59 Å². The summed E-state index contributed by atoms with van der Waals surface area (Å²) in [6, 6.07) is 9.29. The number of carbonyl (C=O) groups excluding carboxylic acids is 2. The molecule has 0 heterocycles. The molecular weight excluding hydrogens is 276 g/mol. The second kappa shape index (κ2) is 8.57. The number of hydrogen-bond donors (Lipinski definition) is 1. The van der Waals surface area contributed by atoms with E-state index in [0.717, 1.165) is 5.56 Å². The maximum absolute atomic E-state index is 12.5. The predicted molar refractivity (Wildman–Crippen MR) is 89.1 cm³/mol. The van der Waals surface area contributed by atoms with Gasteiger partial charge in [0.05, 0.1) is 0 Å². The Morgan fingerprint density at radius 2 is 1.64 bits per heavy atom. The van der Waals surface area contributed by atoms with Gasteiger partial charge in [0.15, 0.2) is 0 Å². The van der Waals surface area contributed by atoms with E-state index in [9.17, 15) is 9.59 Å². The average molecular weight is 304 g/mol. The normalized spacial score (nSPS) is 12.3. The predicted octanol–water partition coefficient (Wildman–Crippen LogP) is 2.83. The Labute approximate surface area is 133 Å². The fourth-order valence-electron chi connectivity index (χ4n) is 2.11. The highest BCUT2D eigenvalue weighted by Crippen LogP contribution is 2.13. The summed E-state index contributed by atoms with van der Waals surface area (Å²) < 4.78 is 0. The minimum atomic E-state index is -0.478. The van der Waals surface area contributed by atoms with Gasteiger partial charge in [0.1, 0.15) is 6.04 Å². The molecule has 0 aliphatic carbocycles. The van der Waals surface area contributed by atoms with Crippen LogP contribution in [0.1, 0.15) is 40.2 Å². The Bertz CT molecular complexity index is 483. The van der Waals surface area contributed by atoms with Crippen molar-refractivity contribution >= 4 is 11.8 Å². The molecule has 0 radical (unpaired) electrons.